The molecule has 1 unspecified atom stereocenters. The smallest absolute Gasteiger partial charge is 0.253 e. The van der Waals surface area contributed by atoms with Gasteiger partial charge in [-0.3, -0.25) is 9.59 Å². The molecule has 0 bridgehead atoms. The highest BCUT2D eigenvalue weighted by Gasteiger charge is 2.27. The first-order chi connectivity index (χ1) is 14.0. The van der Waals surface area contributed by atoms with Gasteiger partial charge in [0.05, 0.1) is 13.3 Å². The molecule has 2 aromatic rings. The van der Waals surface area contributed by atoms with E-state index in [1.807, 2.05) is 0 Å². The Morgan fingerprint density at radius 3 is 2.79 bits per heavy atom. The van der Waals surface area contributed by atoms with E-state index in [0.717, 1.165) is 6.42 Å². The number of terminal acetylenes is 1. The van der Waals surface area contributed by atoms with Crippen molar-refractivity contribution in [2.75, 3.05) is 30.8 Å². The first-order valence-corrected chi connectivity index (χ1v) is 9.01. The van der Waals surface area contributed by atoms with Crippen LogP contribution in [-0.2, 0) is 4.79 Å². The van der Waals surface area contributed by atoms with E-state index in [2.05, 4.69) is 33.1 Å². The average molecular weight is 391 g/mol. The molecule has 3 rings (SSSR count). The SMILES string of the molecule is C#Cc1cnc(NC2CCN(C(=O)c3ccc(NC(=O)C=C)cc3)C2)nc1OC. The number of amides is 2. The van der Waals surface area contributed by atoms with Crippen molar-refractivity contribution in [2.24, 2.45) is 0 Å². The molecule has 0 saturated carbocycles. The molecule has 1 aromatic heterocycles. The lowest BCUT2D eigenvalue weighted by molar-refractivity contribution is -0.111. The molecule has 8 nitrogen and oxygen atoms in total. The Morgan fingerprint density at radius 2 is 2.14 bits per heavy atom. The number of anilines is 2. The first kappa shape index (κ1) is 19.9. The van der Waals surface area contributed by atoms with Crippen LogP contribution in [-0.4, -0.2) is 52.9 Å². The molecule has 29 heavy (non-hydrogen) atoms. The first-order valence-electron chi connectivity index (χ1n) is 9.01. The van der Waals surface area contributed by atoms with Gasteiger partial charge in [-0.05, 0) is 36.8 Å². The van der Waals surface area contributed by atoms with Crippen molar-refractivity contribution in [1.29, 1.82) is 0 Å². The number of carbonyl (C=O) groups is 2. The fraction of sp³-hybridized carbons (Fsp3) is 0.238. The van der Waals surface area contributed by atoms with Crippen LogP contribution >= 0.6 is 0 Å². The van der Waals surface area contributed by atoms with Crippen LogP contribution in [0.3, 0.4) is 0 Å². The maximum atomic E-state index is 12.7. The predicted octanol–water partition coefficient (Wildman–Crippen LogP) is 1.92. The monoisotopic (exact) mass is 391 g/mol. The second kappa shape index (κ2) is 8.89. The molecular weight excluding hydrogens is 370 g/mol. The van der Waals surface area contributed by atoms with Crippen LogP contribution < -0.4 is 15.4 Å². The van der Waals surface area contributed by atoms with Gasteiger partial charge in [0.2, 0.25) is 17.7 Å². The van der Waals surface area contributed by atoms with Crippen LogP contribution in [0.15, 0.2) is 43.1 Å². The third-order valence-electron chi connectivity index (χ3n) is 4.50. The number of likely N-dealkylation sites (tertiary alicyclic amines) is 1. The zero-order valence-electron chi connectivity index (χ0n) is 16.0. The lowest BCUT2D eigenvalue weighted by Gasteiger charge is -2.17. The molecule has 1 atom stereocenters. The topological polar surface area (TPSA) is 96.5 Å². The number of carbonyl (C=O) groups excluding carboxylic acids is 2. The minimum absolute atomic E-state index is 0.0199. The number of hydrogen-bond acceptors (Lipinski definition) is 6. The summed E-state index contributed by atoms with van der Waals surface area (Å²) in [6, 6.07) is 6.77. The van der Waals surface area contributed by atoms with Gasteiger partial charge in [0.1, 0.15) is 5.56 Å². The quantitative estimate of drug-likeness (QED) is 0.577. The van der Waals surface area contributed by atoms with Gasteiger partial charge in [0, 0.05) is 30.4 Å². The fourth-order valence-corrected chi connectivity index (χ4v) is 3.01. The van der Waals surface area contributed by atoms with Crippen molar-refractivity contribution in [1.82, 2.24) is 14.9 Å². The van der Waals surface area contributed by atoms with Gasteiger partial charge in [0.25, 0.3) is 5.91 Å². The van der Waals surface area contributed by atoms with Gasteiger partial charge in [-0.2, -0.15) is 4.98 Å². The molecule has 1 aliphatic heterocycles. The van der Waals surface area contributed by atoms with Crippen molar-refractivity contribution < 1.29 is 14.3 Å². The van der Waals surface area contributed by atoms with Crippen LogP contribution in [0.4, 0.5) is 11.6 Å². The Labute approximate surface area is 169 Å². The van der Waals surface area contributed by atoms with Crippen LogP contribution in [0.1, 0.15) is 22.3 Å². The van der Waals surface area contributed by atoms with E-state index < -0.39 is 0 Å². The number of rotatable bonds is 6. The molecule has 2 amide bonds. The molecule has 0 aliphatic carbocycles. The lowest BCUT2D eigenvalue weighted by Crippen LogP contribution is -2.31. The number of nitrogens with one attached hydrogen (secondary N) is 2. The maximum absolute atomic E-state index is 12.7. The van der Waals surface area contributed by atoms with E-state index in [1.54, 1.807) is 29.2 Å². The summed E-state index contributed by atoms with van der Waals surface area (Å²) >= 11 is 0. The summed E-state index contributed by atoms with van der Waals surface area (Å²) in [5.74, 6) is 2.83. The summed E-state index contributed by atoms with van der Waals surface area (Å²) in [6.07, 6.45) is 8.87. The van der Waals surface area contributed by atoms with Crippen molar-refractivity contribution in [2.45, 2.75) is 12.5 Å². The van der Waals surface area contributed by atoms with Crippen LogP contribution in [0.25, 0.3) is 0 Å². The predicted molar refractivity (Wildman–Crippen MR) is 110 cm³/mol. The highest BCUT2D eigenvalue weighted by Crippen LogP contribution is 2.20. The zero-order chi connectivity index (χ0) is 20.8. The zero-order valence-corrected chi connectivity index (χ0v) is 16.0. The van der Waals surface area contributed by atoms with Gasteiger partial charge < -0.3 is 20.3 Å². The summed E-state index contributed by atoms with van der Waals surface area (Å²) in [5.41, 5.74) is 1.64. The maximum Gasteiger partial charge on any atom is 0.253 e. The third kappa shape index (κ3) is 4.71. The Balaban J connectivity index is 1.60. The lowest BCUT2D eigenvalue weighted by atomic mass is 10.2. The average Bonchev–Trinajstić information content (AvgIpc) is 3.22. The molecular formula is C21H21N5O3. The van der Waals surface area contributed by atoms with Crippen molar-refractivity contribution in [3.05, 3.63) is 54.2 Å². The second-order valence-corrected chi connectivity index (χ2v) is 6.41. The number of aromatic nitrogens is 2. The molecule has 8 heteroatoms. The third-order valence-corrected chi connectivity index (χ3v) is 4.50. The summed E-state index contributed by atoms with van der Waals surface area (Å²) in [7, 11) is 1.50. The van der Waals surface area contributed by atoms with Crippen molar-refractivity contribution >= 4 is 23.5 Å². The fourth-order valence-electron chi connectivity index (χ4n) is 3.01. The van der Waals surface area contributed by atoms with Crippen LogP contribution in [0.2, 0.25) is 0 Å². The van der Waals surface area contributed by atoms with Gasteiger partial charge in [-0.15, -0.1) is 6.42 Å². The summed E-state index contributed by atoms with van der Waals surface area (Å²) in [6.45, 7) is 4.55. The number of ether oxygens (including phenoxy) is 1. The van der Waals surface area contributed by atoms with Crippen molar-refractivity contribution in [3.8, 4) is 18.2 Å². The van der Waals surface area contributed by atoms with E-state index in [1.165, 1.54) is 19.4 Å². The van der Waals surface area contributed by atoms with Crippen LogP contribution in [0, 0.1) is 12.3 Å². The highest BCUT2D eigenvalue weighted by atomic mass is 16.5. The van der Waals surface area contributed by atoms with Gasteiger partial charge >= 0.3 is 0 Å². The number of methoxy groups -OCH3 is 1. The molecule has 1 saturated heterocycles. The molecule has 1 aliphatic rings. The molecule has 0 spiro atoms. The molecule has 148 valence electrons. The second-order valence-electron chi connectivity index (χ2n) is 6.41. The minimum Gasteiger partial charge on any atom is -0.480 e. The Morgan fingerprint density at radius 1 is 1.38 bits per heavy atom. The molecule has 2 heterocycles. The molecule has 2 N–H and O–H groups in total. The Kier molecular flexibility index (Phi) is 6.09. The van der Waals surface area contributed by atoms with Crippen LogP contribution in [0.5, 0.6) is 5.88 Å². The number of hydrogen-bond donors (Lipinski definition) is 2. The molecule has 0 radical (unpaired) electrons. The summed E-state index contributed by atoms with van der Waals surface area (Å²) in [5, 5.41) is 5.87. The Hall–Kier alpha value is -3.86. The largest absolute Gasteiger partial charge is 0.480 e. The Bertz CT molecular complexity index is 965. The number of benzene rings is 1. The highest BCUT2D eigenvalue weighted by molar-refractivity contribution is 5.99. The van der Waals surface area contributed by atoms with E-state index >= 15 is 0 Å². The van der Waals surface area contributed by atoms with Gasteiger partial charge in [0.15, 0.2) is 0 Å². The summed E-state index contributed by atoms with van der Waals surface area (Å²) < 4.78 is 5.17. The van der Waals surface area contributed by atoms with Crippen molar-refractivity contribution in [3.63, 3.8) is 0 Å². The standard InChI is InChI=1S/C21H21N5O3/c1-4-14-12-22-21(25-19(14)29-3)24-17-10-11-26(13-17)20(28)15-6-8-16(9-7-15)23-18(27)5-2/h1,5-9,12,17H,2,10-11,13H2,3H3,(H,23,27)(H,22,24,25). The number of nitrogens with zero attached hydrogens (tertiary/aromatic N) is 3. The van der Waals surface area contributed by atoms with Gasteiger partial charge in [-0.25, -0.2) is 4.98 Å². The van der Waals surface area contributed by atoms with E-state index in [9.17, 15) is 9.59 Å². The summed E-state index contributed by atoms with van der Waals surface area (Å²) in [4.78, 5) is 34.3. The molecule has 1 aromatic carbocycles. The normalized spacial score (nSPS) is 15.3. The van der Waals surface area contributed by atoms with E-state index in [-0.39, 0.29) is 17.9 Å². The minimum atomic E-state index is -0.299. The van der Waals surface area contributed by atoms with E-state index in [4.69, 9.17) is 11.2 Å². The van der Waals surface area contributed by atoms with Gasteiger partial charge in [-0.1, -0.05) is 12.5 Å². The van der Waals surface area contributed by atoms with E-state index in [0.29, 0.717) is 41.7 Å². The molecule has 1 fully saturated rings.